The normalized spacial score (nSPS) is 13.0. The van der Waals surface area contributed by atoms with E-state index >= 15 is 0 Å². The van der Waals surface area contributed by atoms with Crippen LogP contribution in [0.2, 0.25) is 0 Å². The largest absolute Gasteiger partial charge is 0.490 e. The summed E-state index contributed by atoms with van der Waals surface area (Å²) in [6.07, 6.45) is 0.320. The number of hydrogen-bond donors (Lipinski definition) is 0. The molecule has 6 rings (SSSR count). The van der Waals surface area contributed by atoms with Gasteiger partial charge in [-0.15, -0.1) is 0 Å². The predicted molar refractivity (Wildman–Crippen MR) is 188 cm³/mol. The quantitative estimate of drug-likeness (QED) is 0.100. The van der Waals surface area contributed by atoms with Crippen LogP contribution in [-0.4, -0.2) is 31.8 Å². The van der Waals surface area contributed by atoms with Gasteiger partial charge in [-0.3, -0.25) is 4.79 Å². The van der Waals surface area contributed by atoms with Crippen molar-refractivity contribution < 1.29 is 28.5 Å². The molecule has 0 bridgehead atoms. The molecule has 1 unspecified atom stereocenters. The van der Waals surface area contributed by atoms with Gasteiger partial charge in [0.2, 0.25) is 0 Å². The van der Waals surface area contributed by atoms with Crippen molar-refractivity contribution in [2.24, 2.45) is 0 Å². The van der Waals surface area contributed by atoms with Crippen molar-refractivity contribution in [1.82, 2.24) is 0 Å². The average Bonchev–Trinajstić information content (AvgIpc) is 3.39. The number of fused-ring (bicyclic) bond motifs is 3. The van der Waals surface area contributed by atoms with Crippen molar-refractivity contribution in [3.63, 3.8) is 0 Å². The molecule has 0 saturated carbocycles. The molecule has 0 N–H and O–H groups in total. The lowest BCUT2D eigenvalue weighted by Gasteiger charge is -2.18. The Balaban J connectivity index is 1.13. The van der Waals surface area contributed by atoms with E-state index in [4.69, 9.17) is 18.9 Å². The number of rotatable bonds is 12. The second-order valence-electron chi connectivity index (χ2n) is 12.1. The van der Waals surface area contributed by atoms with E-state index in [1.807, 2.05) is 55.5 Å². The molecule has 1 aliphatic rings. The lowest BCUT2D eigenvalue weighted by Crippen LogP contribution is -2.12. The molecule has 0 radical (unpaired) electrons. The zero-order valence-electron chi connectivity index (χ0n) is 27.9. The van der Waals surface area contributed by atoms with E-state index < -0.39 is 0 Å². The summed E-state index contributed by atoms with van der Waals surface area (Å²) in [7, 11) is 0. The minimum absolute atomic E-state index is 0.0244. The van der Waals surface area contributed by atoms with Crippen LogP contribution in [-0.2, 0) is 20.9 Å². The van der Waals surface area contributed by atoms with Crippen molar-refractivity contribution in [3.8, 4) is 33.8 Å². The second-order valence-corrected chi connectivity index (χ2v) is 12.1. The fourth-order valence-corrected chi connectivity index (χ4v) is 6.64. The maximum absolute atomic E-state index is 12.4. The Morgan fingerprint density at radius 2 is 1.35 bits per heavy atom. The maximum Gasteiger partial charge on any atom is 0.338 e. The molecule has 0 fully saturated rings. The highest BCUT2D eigenvalue weighted by molar-refractivity contribution is 5.89. The molecule has 5 aromatic carbocycles. The highest BCUT2D eigenvalue weighted by Gasteiger charge is 2.31. The summed E-state index contributed by atoms with van der Waals surface area (Å²) >= 11 is 0. The number of benzene rings is 5. The Morgan fingerprint density at radius 3 is 2.12 bits per heavy atom. The molecule has 0 saturated heterocycles. The van der Waals surface area contributed by atoms with Gasteiger partial charge >= 0.3 is 11.9 Å². The smallest absolute Gasteiger partial charge is 0.338 e. The molecular formula is C42H40O6. The zero-order chi connectivity index (χ0) is 33.6. The third-order valence-electron chi connectivity index (χ3n) is 8.91. The van der Waals surface area contributed by atoms with Gasteiger partial charge in [0.15, 0.2) is 0 Å². The lowest BCUT2D eigenvalue weighted by molar-refractivity contribution is -0.143. The zero-order valence-corrected chi connectivity index (χ0v) is 27.9. The van der Waals surface area contributed by atoms with Crippen LogP contribution in [0.15, 0.2) is 103 Å². The highest BCUT2D eigenvalue weighted by Crippen LogP contribution is 2.47. The maximum atomic E-state index is 12.4. The van der Waals surface area contributed by atoms with Crippen molar-refractivity contribution in [2.45, 2.75) is 46.6 Å². The fraction of sp³-hybridized carbons (Fsp3) is 0.238. The first-order chi connectivity index (χ1) is 23.3. The number of aryl methyl sites for hydroxylation is 2. The summed E-state index contributed by atoms with van der Waals surface area (Å²) in [4.78, 5) is 24.6. The number of carbonyl (C=O) groups excluding carboxylic acids is 2. The van der Waals surface area contributed by atoms with Gasteiger partial charge in [0.05, 0.1) is 18.6 Å². The first kappa shape index (κ1) is 32.6. The van der Waals surface area contributed by atoms with Gasteiger partial charge in [-0.05, 0) is 120 Å². The summed E-state index contributed by atoms with van der Waals surface area (Å²) in [5.74, 6) is 0.958. The predicted octanol–water partition coefficient (Wildman–Crippen LogP) is 9.16. The second kappa shape index (κ2) is 14.6. The van der Waals surface area contributed by atoms with E-state index in [0.29, 0.717) is 25.2 Å². The topological polar surface area (TPSA) is 71.1 Å². The van der Waals surface area contributed by atoms with Crippen molar-refractivity contribution in [1.29, 1.82) is 0 Å². The van der Waals surface area contributed by atoms with Crippen LogP contribution in [0.1, 0.15) is 63.0 Å². The van der Waals surface area contributed by atoms with Gasteiger partial charge in [0.1, 0.15) is 31.3 Å². The minimum Gasteiger partial charge on any atom is -0.490 e. The molecule has 0 aromatic heterocycles. The standard InChI is InChI=1S/C42H40O6/c1-5-45-40(43)25-39-36-16-10-9-15-35(36)38-24-32(18-19-37(38)39)48-26-31-14-11-17-34(29(31)4)41-27(2)22-33(23-28(41)3)46-20-21-47-42(44)30-12-7-6-8-13-30/h6-19,22-24,39H,5,20-21,25-26H2,1-4H3. The van der Waals surface area contributed by atoms with Gasteiger partial charge in [-0.2, -0.15) is 0 Å². The number of hydrogen-bond acceptors (Lipinski definition) is 6. The average molecular weight is 641 g/mol. The van der Waals surface area contributed by atoms with Crippen LogP contribution in [0.25, 0.3) is 22.3 Å². The molecule has 0 spiro atoms. The van der Waals surface area contributed by atoms with Gasteiger partial charge in [-0.25, -0.2) is 4.79 Å². The lowest BCUT2D eigenvalue weighted by atomic mass is 9.90. The van der Waals surface area contributed by atoms with E-state index in [1.54, 1.807) is 12.1 Å². The monoisotopic (exact) mass is 640 g/mol. The third-order valence-corrected chi connectivity index (χ3v) is 8.91. The van der Waals surface area contributed by atoms with Crippen LogP contribution in [0.5, 0.6) is 11.5 Å². The number of esters is 2. The van der Waals surface area contributed by atoms with Crippen LogP contribution >= 0.6 is 0 Å². The summed E-state index contributed by atoms with van der Waals surface area (Å²) < 4.78 is 23.0. The molecule has 48 heavy (non-hydrogen) atoms. The number of ether oxygens (including phenoxy) is 4. The molecule has 0 amide bonds. The van der Waals surface area contributed by atoms with Crippen LogP contribution < -0.4 is 9.47 Å². The Labute approximate surface area is 282 Å². The van der Waals surface area contributed by atoms with Gasteiger partial charge in [0, 0.05) is 5.92 Å². The first-order valence-corrected chi connectivity index (χ1v) is 16.4. The molecule has 1 atom stereocenters. The molecule has 6 nitrogen and oxygen atoms in total. The molecule has 1 aliphatic carbocycles. The summed E-state index contributed by atoms with van der Waals surface area (Å²) in [5, 5.41) is 0. The molecule has 6 heteroatoms. The van der Waals surface area contributed by atoms with Crippen LogP contribution in [0.4, 0.5) is 0 Å². The highest BCUT2D eigenvalue weighted by atomic mass is 16.6. The molecular weight excluding hydrogens is 600 g/mol. The third kappa shape index (κ3) is 6.98. The van der Waals surface area contributed by atoms with E-state index in [9.17, 15) is 9.59 Å². The van der Waals surface area contributed by atoms with Crippen LogP contribution in [0.3, 0.4) is 0 Å². The van der Waals surface area contributed by atoms with Crippen molar-refractivity contribution in [2.75, 3.05) is 19.8 Å². The SMILES string of the molecule is CCOC(=O)CC1c2ccccc2-c2cc(OCc3cccc(-c4c(C)cc(OCCOC(=O)c5ccccc5)cc4C)c3C)ccc21. The van der Waals surface area contributed by atoms with Gasteiger partial charge < -0.3 is 18.9 Å². The van der Waals surface area contributed by atoms with Gasteiger partial charge in [-0.1, -0.05) is 66.7 Å². The van der Waals surface area contributed by atoms with Gasteiger partial charge in [0.25, 0.3) is 0 Å². The van der Waals surface area contributed by atoms with E-state index in [1.165, 1.54) is 5.56 Å². The Kier molecular flexibility index (Phi) is 9.91. The van der Waals surface area contributed by atoms with Crippen molar-refractivity contribution in [3.05, 3.63) is 142 Å². The molecule has 5 aromatic rings. The Hall–Kier alpha value is -5.36. The fourth-order valence-electron chi connectivity index (χ4n) is 6.64. The summed E-state index contributed by atoms with van der Waals surface area (Å²) in [6, 6.07) is 33.8. The number of carbonyl (C=O) groups is 2. The summed E-state index contributed by atoms with van der Waals surface area (Å²) in [6.45, 7) is 9.38. The molecule has 0 aliphatic heterocycles. The van der Waals surface area contributed by atoms with E-state index in [2.05, 4.69) is 63.2 Å². The van der Waals surface area contributed by atoms with Crippen LogP contribution in [0, 0.1) is 20.8 Å². The Morgan fingerprint density at radius 1 is 0.646 bits per heavy atom. The minimum atomic E-state index is -0.359. The molecule has 0 heterocycles. The summed E-state index contributed by atoms with van der Waals surface area (Å²) in [5.41, 5.74) is 11.8. The van der Waals surface area contributed by atoms with E-state index in [0.717, 1.165) is 61.6 Å². The molecule has 244 valence electrons. The Bertz CT molecular complexity index is 1920. The first-order valence-electron chi connectivity index (χ1n) is 16.4. The van der Waals surface area contributed by atoms with Crippen molar-refractivity contribution >= 4 is 11.9 Å². The van der Waals surface area contributed by atoms with E-state index in [-0.39, 0.29) is 31.1 Å².